The van der Waals surface area contributed by atoms with E-state index in [1.165, 1.54) is 20.9 Å². The molecule has 2 nitrogen and oxygen atoms in total. The molecule has 160 valence electrons. The zero-order chi connectivity index (χ0) is 22.5. The van der Waals surface area contributed by atoms with Gasteiger partial charge in [-0.25, -0.2) is 0 Å². The Kier molecular flexibility index (Phi) is 7.60. The fourth-order valence-electron chi connectivity index (χ4n) is 3.13. The van der Waals surface area contributed by atoms with Crippen LogP contribution in [0, 0.1) is 0 Å². The van der Waals surface area contributed by atoms with Gasteiger partial charge < -0.3 is 0 Å². The molecule has 0 spiro atoms. The Labute approximate surface area is 195 Å². The summed E-state index contributed by atoms with van der Waals surface area (Å²) in [5.74, 6) is 0. The van der Waals surface area contributed by atoms with Gasteiger partial charge in [0.25, 0.3) is 0 Å². The Morgan fingerprint density at radius 2 is 0.935 bits per heavy atom. The monoisotopic (exact) mass is 606 g/mol. The summed E-state index contributed by atoms with van der Waals surface area (Å²) in [6, 6.07) is 28.6. The molecular weight excluding hydrogens is 573 g/mol. The zero-order valence-corrected chi connectivity index (χ0v) is 23.0. The van der Waals surface area contributed by atoms with E-state index in [0.29, 0.717) is 0 Å². The van der Waals surface area contributed by atoms with Crippen molar-refractivity contribution in [2.24, 2.45) is 9.98 Å². The predicted octanol–water partition coefficient (Wildman–Crippen LogP) is 4.64. The molecule has 0 N–H and O–H groups in total. The van der Waals surface area contributed by atoms with Crippen molar-refractivity contribution in [3.63, 3.8) is 0 Å². The number of rotatable bonds is 5. The predicted molar refractivity (Wildman–Crippen MR) is 139 cm³/mol. The molecule has 0 fully saturated rings. The summed E-state index contributed by atoms with van der Waals surface area (Å²) in [4.78, 5) is 9.74. The second-order valence-corrected chi connectivity index (χ2v) is 18.0. The van der Waals surface area contributed by atoms with E-state index in [4.69, 9.17) is 9.98 Å². The average molecular weight is 607 g/mol. The van der Waals surface area contributed by atoms with Crippen molar-refractivity contribution in [2.75, 3.05) is 0 Å². The Morgan fingerprint density at radius 3 is 1.29 bits per heavy atom. The Hall–Kier alpha value is -2.12. The van der Waals surface area contributed by atoms with E-state index in [2.05, 4.69) is 133 Å². The van der Waals surface area contributed by atoms with Gasteiger partial charge in [0.1, 0.15) is 0 Å². The second kappa shape index (κ2) is 10.0. The van der Waals surface area contributed by atoms with Crippen molar-refractivity contribution < 1.29 is 0 Å². The fraction of sp³-hybridized carbons (Fsp3) is 0.286. The maximum atomic E-state index is 4.87. The SMILES string of the molecule is CC(C)(C)N=Cc1cccc(C=NC(C)(C)C)[c]1[Bi]([c]1ccccc1)[c]1ccccc1. The van der Waals surface area contributed by atoms with E-state index in [-0.39, 0.29) is 11.1 Å². The number of nitrogens with zero attached hydrogens (tertiary/aromatic N) is 2. The van der Waals surface area contributed by atoms with Crippen LogP contribution in [-0.2, 0) is 0 Å². The molecule has 0 atom stereocenters. The van der Waals surface area contributed by atoms with Crippen LogP contribution in [0.5, 0.6) is 0 Å². The molecule has 3 aromatic rings. The normalized spacial score (nSPS) is 12.9. The van der Waals surface area contributed by atoms with Gasteiger partial charge >= 0.3 is 197 Å². The molecule has 31 heavy (non-hydrogen) atoms. The van der Waals surface area contributed by atoms with Crippen LogP contribution in [0.1, 0.15) is 52.7 Å². The minimum absolute atomic E-state index is 0.115. The van der Waals surface area contributed by atoms with Gasteiger partial charge in [0.2, 0.25) is 0 Å². The van der Waals surface area contributed by atoms with Crippen LogP contribution in [0.4, 0.5) is 0 Å². The van der Waals surface area contributed by atoms with Gasteiger partial charge in [0.05, 0.1) is 0 Å². The summed E-state index contributed by atoms with van der Waals surface area (Å²) in [5.41, 5.74) is 2.21. The third-order valence-electron chi connectivity index (χ3n) is 4.53. The van der Waals surface area contributed by atoms with Crippen LogP contribution < -0.4 is 9.81 Å². The average Bonchev–Trinajstić information content (AvgIpc) is 2.72. The van der Waals surface area contributed by atoms with Crippen molar-refractivity contribution in [2.45, 2.75) is 52.6 Å². The molecule has 3 heteroatoms. The first-order chi connectivity index (χ1) is 14.6. The first kappa shape index (κ1) is 23.5. The molecule has 3 aromatic carbocycles. The molecular formula is C28H33BiN2. The van der Waals surface area contributed by atoms with Crippen LogP contribution in [0.3, 0.4) is 0 Å². The quantitative estimate of drug-likeness (QED) is 0.299. The molecule has 0 saturated heterocycles. The van der Waals surface area contributed by atoms with Crippen molar-refractivity contribution >= 4 is 44.0 Å². The molecule has 0 aromatic heterocycles. The summed E-state index contributed by atoms with van der Waals surface area (Å²) in [6.45, 7) is 12.8. The van der Waals surface area contributed by atoms with Gasteiger partial charge in [-0.3, -0.25) is 0 Å². The van der Waals surface area contributed by atoms with Gasteiger partial charge in [-0.2, -0.15) is 0 Å². The van der Waals surface area contributed by atoms with Crippen molar-refractivity contribution in [3.8, 4) is 0 Å². The van der Waals surface area contributed by atoms with Gasteiger partial charge in [-0.15, -0.1) is 0 Å². The Balaban J connectivity index is 2.29. The van der Waals surface area contributed by atoms with Crippen LogP contribution in [0.15, 0.2) is 88.8 Å². The summed E-state index contributed by atoms with van der Waals surface area (Å²) in [7, 11) is 0. The molecule has 0 aliphatic heterocycles. The van der Waals surface area contributed by atoms with Crippen molar-refractivity contribution in [1.29, 1.82) is 0 Å². The third-order valence-corrected chi connectivity index (χ3v) is 14.6. The zero-order valence-electron chi connectivity index (χ0n) is 19.5. The number of hydrogen-bond donors (Lipinski definition) is 0. The molecule has 3 rings (SSSR count). The molecule has 0 saturated carbocycles. The third kappa shape index (κ3) is 6.94. The van der Waals surface area contributed by atoms with Gasteiger partial charge in [0.15, 0.2) is 0 Å². The molecule has 0 bridgehead atoms. The van der Waals surface area contributed by atoms with E-state index in [0.717, 1.165) is 0 Å². The van der Waals surface area contributed by atoms with E-state index in [9.17, 15) is 0 Å². The van der Waals surface area contributed by atoms with E-state index in [1.54, 1.807) is 0 Å². The van der Waals surface area contributed by atoms with Crippen molar-refractivity contribution in [1.82, 2.24) is 0 Å². The first-order valence-corrected chi connectivity index (χ1v) is 16.0. The number of hydrogen-bond acceptors (Lipinski definition) is 2. The molecule has 0 unspecified atom stereocenters. The van der Waals surface area contributed by atoms with Gasteiger partial charge in [-0.05, 0) is 0 Å². The number of benzene rings is 3. The maximum absolute atomic E-state index is 4.87. The standard InChI is InChI=1S/C16H23N2.2C6H5.Bi/c1-15(2,3)17-11-13-8-7-9-14(10-13)12-18-16(4,5)6;2*1-2-4-6-5-3-1;/h7-9,11-12H,1-6H3;2*1-5H;. The van der Waals surface area contributed by atoms with Crippen LogP contribution in [0.25, 0.3) is 0 Å². The number of aliphatic imine (C=N–C) groups is 2. The first-order valence-electron chi connectivity index (χ1n) is 10.8. The molecule has 0 aliphatic carbocycles. The van der Waals surface area contributed by atoms with Crippen LogP contribution in [0.2, 0.25) is 0 Å². The Morgan fingerprint density at radius 1 is 0.548 bits per heavy atom. The van der Waals surface area contributed by atoms with E-state index < -0.39 is 21.8 Å². The van der Waals surface area contributed by atoms with Crippen LogP contribution in [-0.4, -0.2) is 45.3 Å². The van der Waals surface area contributed by atoms with E-state index in [1.807, 2.05) is 0 Å². The van der Waals surface area contributed by atoms with Gasteiger partial charge in [0, 0.05) is 0 Å². The van der Waals surface area contributed by atoms with Crippen molar-refractivity contribution in [3.05, 3.63) is 90.0 Å². The van der Waals surface area contributed by atoms with E-state index >= 15 is 0 Å². The molecule has 0 radical (unpaired) electrons. The molecule has 0 amide bonds. The van der Waals surface area contributed by atoms with Gasteiger partial charge in [-0.1, -0.05) is 0 Å². The summed E-state index contributed by atoms with van der Waals surface area (Å²) < 4.78 is 4.37. The molecule has 0 aliphatic rings. The minimum atomic E-state index is -2.60. The summed E-state index contributed by atoms with van der Waals surface area (Å²) >= 11 is -2.60. The topological polar surface area (TPSA) is 24.7 Å². The molecule has 0 heterocycles. The second-order valence-electron chi connectivity index (χ2n) is 9.65. The fourth-order valence-corrected chi connectivity index (χ4v) is 13.0. The summed E-state index contributed by atoms with van der Waals surface area (Å²) in [6.07, 6.45) is 4.16. The Bertz CT molecular complexity index is 958. The summed E-state index contributed by atoms with van der Waals surface area (Å²) in [5, 5.41) is 0. The van der Waals surface area contributed by atoms with Crippen LogP contribution >= 0.6 is 0 Å².